The SMILES string of the molecule is OC1CCC1N1CCN(CC2CC2)CC1. The van der Waals surface area contributed by atoms with Gasteiger partial charge in [-0.1, -0.05) is 0 Å². The minimum absolute atomic E-state index is 0.0278. The molecule has 0 amide bonds. The third-order valence-electron chi connectivity index (χ3n) is 4.29. The average molecular weight is 210 g/mol. The van der Waals surface area contributed by atoms with E-state index < -0.39 is 0 Å². The lowest BCUT2D eigenvalue weighted by Gasteiger charge is -2.45. The normalized spacial score (nSPS) is 39.0. The highest BCUT2D eigenvalue weighted by atomic mass is 16.3. The molecule has 1 saturated heterocycles. The number of nitrogens with zero attached hydrogens (tertiary/aromatic N) is 2. The van der Waals surface area contributed by atoms with E-state index in [9.17, 15) is 5.11 Å². The molecule has 0 spiro atoms. The van der Waals surface area contributed by atoms with Crippen molar-refractivity contribution in [2.45, 2.75) is 37.8 Å². The highest BCUT2D eigenvalue weighted by Crippen LogP contribution is 2.31. The van der Waals surface area contributed by atoms with Crippen LogP contribution >= 0.6 is 0 Å². The molecule has 2 atom stereocenters. The van der Waals surface area contributed by atoms with E-state index in [-0.39, 0.29) is 6.10 Å². The van der Waals surface area contributed by atoms with Crippen LogP contribution in [0.4, 0.5) is 0 Å². The molecule has 1 N–H and O–H groups in total. The van der Waals surface area contributed by atoms with Crippen LogP contribution in [0.3, 0.4) is 0 Å². The van der Waals surface area contributed by atoms with Crippen molar-refractivity contribution in [3.63, 3.8) is 0 Å². The van der Waals surface area contributed by atoms with Gasteiger partial charge in [0.05, 0.1) is 6.10 Å². The van der Waals surface area contributed by atoms with Crippen LogP contribution < -0.4 is 0 Å². The summed E-state index contributed by atoms with van der Waals surface area (Å²) in [7, 11) is 0. The Kier molecular flexibility index (Phi) is 2.71. The summed E-state index contributed by atoms with van der Waals surface area (Å²) in [4.78, 5) is 5.11. The van der Waals surface area contributed by atoms with Gasteiger partial charge >= 0.3 is 0 Å². The quantitative estimate of drug-likeness (QED) is 0.736. The molecule has 15 heavy (non-hydrogen) atoms. The molecule has 2 saturated carbocycles. The molecule has 3 aliphatic rings. The summed E-state index contributed by atoms with van der Waals surface area (Å²) in [6, 6.07) is 0.494. The van der Waals surface area contributed by atoms with Gasteiger partial charge in [-0.05, 0) is 31.6 Å². The van der Waals surface area contributed by atoms with Crippen LogP contribution in [0.15, 0.2) is 0 Å². The molecule has 0 bridgehead atoms. The predicted molar refractivity (Wildman–Crippen MR) is 59.8 cm³/mol. The summed E-state index contributed by atoms with van der Waals surface area (Å²) < 4.78 is 0. The highest BCUT2D eigenvalue weighted by molar-refractivity contribution is 4.91. The standard InChI is InChI=1S/C12H22N2O/c15-12-4-3-11(12)14-7-5-13(6-8-14)9-10-1-2-10/h10-12,15H,1-9H2. The van der Waals surface area contributed by atoms with E-state index in [1.807, 2.05) is 0 Å². The monoisotopic (exact) mass is 210 g/mol. The van der Waals surface area contributed by atoms with Gasteiger partial charge in [-0.25, -0.2) is 0 Å². The van der Waals surface area contributed by atoms with Gasteiger partial charge in [0.25, 0.3) is 0 Å². The fourth-order valence-corrected chi connectivity index (χ4v) is 2.83. The zero-order valence-electron chi connectivity index (χ0n) is 9.44. The Morgan fingerprint density at radius 3 is 2.13 bits per heavy atom. The first-order valence-electron chi connectivity index (χ1n) is 6.47. The molecule has 0 aromatic carbocycles. The Morgan fingerprint density at radius 1 is 0.933 bits per heavy atom. The molecule has 3 nitrogen and oxygen atoms in total. The van der Waals surface area contributed by atoms with E-state index in [4.69, 9.17) is 0 Å². The first-order chi connectivity index (χ1) is 7.33. The number of hydrogen-bond acceptors (Lipinski definition) is 3. The van der Waals surface area contributed by atoms with Crippen molar-refractivity contribution in [2.24, 2.45) is 5.92 Å². The van der Waals surface area contributed by atoms with E-state index >= 15 is 0 Å². The van der Waals surface area contributed by atoms with Gasteiger partial charge < -0.3 is 10.0 Å². The van der Waals surface area contributed by atoms with Gasteiger partial charge in [0.2, 0.25) is 0 Å². The molecule has 86 valence electrons. The molecule has 2 aliphatic carbocycles. The molecule has 0 aromatic rings. The maximum atomic E-state index is 9.63. The van der Waals surface area contributed by atoms with E-state index in [1.54, 1.807) is 0 Å². The molecule has 1 heterocycles. The third kappa shape index (κ3) is 2.19. The summed E-state index contributed by atoms with van der Waals surface area (Å²) in [5, 5.41) is 9.63. The summed E-state index contributed by atoms with van der Waals surface area (Å²) in [5.41, 5.74) is 0. The zero-order chi connectivity index (χ0) is 10.3. The maximum Gasteiger partial charge on any atom is 0.0696 e. The summed E-state index contributed by atoms with van der Waals surface area (Å²) in [6.45, 7) is 6.13. The number of aliphatic hydroxyl groups is 1. The molecule has 3 fully saturated rings. The number of rotatable bonds is 3. The Balaban J connectivity index is 1.43. The van der Waals surface area contributed by atoms with Gasteiger partial charge in [-0.2, -0.15) is 0 Å². The molecule has 3 heteroatoms. The Bertz CT molecular complexity index is 222. The van der Waals surface area contributed by atoms with E-state index in [0.717, 1.165) is 12.3 Å². The van der Waals surface area contributed by atoms with Gasteiger partial charge in [-0.3, -0.25) is 4.90 Å². The van der Waals surface area contributed by atoms with Crippen LogP contribution in [-0.2, 0) is 0 Å². The average Bonchev–Trinajstić information content (AvgIpc) is 3.03. The van der Waals surface area contributed by atoms with Crippen LogP contribution in [-0.4, -0.2) is 59.8 Å². The fraction of sp³-hybridized carbons (Fsp3) is 1.00. The number of hydrogen-bond donors (Lipinski definition) is 1. The predicted octanol–water partition coefficient (Wildman–Crippen LogP) is 0.537. The highest BCUT2D eigenvalue weighted by Gasteiger charge is 2.36. The molecule has 0 aromatic heterocycles. The third-order valence-corrected chi connectivity index (χ3v) is 4.29. The lowest BCUT2D eigenvalue weighted by atomic mass is 9.87. The molecule has 3 rings (SSSR count). The Morgan fingerprint density at radius 2 is 1.67 bits per heavy atom. The van der Waals surface area contributed by atoms with Crippen molar-refractivity contribution in [1.82, 2.24) is 9.80 Å². The van der Waals surface area contributed by atoms with E-state index in [1.165, 1.54) is 52.0 Å². The summed E-state index contributed by atoms with van der Waals surface area (Å²) in [6.07, 6.45) is 5.12. The second-order valence-corrected chi connectivity index (χ2v) is 5.49. The minimum atomic E-state index is -0.0278. The lowest BCUT2D eigenvalue weighted by Crippen LogP contribution is -2.57. The van der Waals surface area contributed by atoms with Crippen LogP contribution in [0.5, 0.6) is 0 Å². The molecule has 2 unspecified atom stereocenters. The lowest BCUT2D eigenvalue weighted by molar-refractivity contribution is -0.0392. The largest absolute Gasteiger partial charge is 0.391 e. The smallest absolute Gasteiger partial charge is 0.0696 e. The van der Waals surface area contributed by atoms with Crippen molar-refractivity contribution in [3.05, 3.63) is 0 Å². The van der Waals surface area contributed by atoms with Crippen molar-refractivity contribution in [2.75, 3.05) is 32.7 Å². The van der Waals surface area contributed by atoms with E-state index in [0.29, 0.717) is 6.04 Å². The Hall–Kier alpha value is -0.120. The van der Waals surface area contributed by atoms with Crippen LogP contribution in [0.1, 0.15) is 25.7 Å². The summed E-state index contributed by atoms with van der Waals surface area (Å²) >= 11 is 0. The fourth-order valence-electron chi connectivity index (χ4n) is 2.83. The first-order valence-corrected chi connectivity index (χ1v) is 6.47. The van der Waals surface area contributed by atoms with Gasteiger partial charge in [0.15, 0.2) is 0 Å². The van der Waals surface area contributed by atoms with Crippen molar-refractivity contribution >= 4 is 0 Å². The van der Waals surface area contributed by atoms with Crippen LogP contribution in [0.25, 0.3) is 0 Å². The number of piperazine rings is 1. The summed E-state index contributed by atoms with van der Waals surface area (Å²) in [5.74, 6) is 1.02. The minimum Gasteiger partial charge on any atom is -0.391 e. The Labute approximate surface area is 92.1 Å². The number of aliphatic hydroxyl groups excluding tert-OH is 1. The molecule has 0 radical (unpaired) electrons. The topological polar surface area (TPSA) is 26.7 Å². The van der Waals surface area contributed by atoms with Crippen molar-refractivity contribution in [3.8, 4) is 0 Å². The van der Waals surface area contributed by atoms with Gasteiger partial charge in [0, 0.05) is 38.8 Å². The first kappa shape index (κ1) is 10.1. The zero-order valence-corrected chi connectivity index (χ0v) is 9.44. The molecule has 1 aliphatic heterocycles. The van der Waals surface area contributed by atoms with Crippen LogP contribution in [0, 0.1) is 5.92 Å². The van der Waals surface area contributed by atoms with E-state index in [2.05, 4.69) is 9.80 Å². The van der Waals surface area contributed by atoms with Crippen LogP contribution in [0.2, 0.25) is 0 Å². The second-order valence-electron chi connectivity index (χ2n) is 5.49. The maximum absolute atomic E-state index is 9.63. The van der Waals surface area contributed by atoms with Crippen molar-refractivity contribution < 1.29 is 5.11 Å². The van der Waals surface area contributed by atoms with Gasteiger partial charge in [-0.15, -0.1) is 0 Å². The van der Waals surface area contributed by atoms with Crippen molar-refractivity contribution in [1.29, 1.82) is 0 Å². The molecular formula is C12H22N2O. The second kappa shape index (κ2) is 4.04. The van der Waals surface area contributed by atoms with Gasteiger partial charge in [0.1, 0.15) is 0 Å². The molecular weight excluding hydrogens is 188 g/mol.